The Labute approximate surface area is 172 Å². The van der Waals surface area contributed by atoms with Gasteiger partial charge < -0.3 is 14.8 Å². The van der Waals surface area contributed by atoms with E-state index in [9.17, 15) is 0 Å². The Morgan fingerprint density at radius 3 is 2.32 bits per heavy atom. The lowest BCUT2D eigenvalue weighted by molar-refractivity contribution is 0.284. The molecular formula is C24H26ClNO2. The summed E-state index contributed by atoms with van der Waals surface area (Å²) in [4.78, 5) is 0. The van der Waals surface area contributed by atoms with E-state index in [2.05, 4.69) is 55.6 Å². The first-order valence-corrected chi connectivity index (χ1v) is 9.74. The van der Waals surface area contributed by atoms with Crippen LogP contribution in [0.2, 0.25) is 5.02 Å². The van der Waals surface area contributed by atoms with Gasteiger partial charge in [-0.15, -0.1) is 0 Å². The number of ether oxygens (including phenoxy) is 2. The third-order valence-corrected chi connectivity index (χ3v) is 4.98. The second-order valence-electron chi connectivity index (χ2n) is 6.91. The first-order valence-electron chi connectivity index (χ1n) is 9.37. The van der Waals surface area contributed by atoms with E-state index >= 15 is 0 Å². The van der Waals surface area contributed by atoms with E-state index in [4.69, 9.17) is 21.1 Å². The molecule has 0 radical (unpaired) electrons. The quantitative estimate of drug-likeness (QED) is 0.520. The lowest BCUT2D eigenvalue weighted by Gasteiger charge is -2.15. The summed E-state index contributed by atoms with van der Waals surface area (Å²) in [5.74, 6) is 1.22. The lowest BCUT2D eigenvalue weighted by atomic mass is 10.1. The number of methoxy groups -OCH3 is 1. The van der Waals surface area contributed by atoms with Crippen molar-refractivity contribution in [1.82, 2.24) is 5.32 Å². The predicted octanol–water partition coefficient (Wildman–Crippen LogP) is 5.83. The van der Waals surface area contributed by atoms with Crippen molar-refractivity contribution in [3.8, 4) is 11.5 Å². The van der Waals surface area contributed by atoms with Gasteiger partial charge >= 0.3 is 0 Å². The Kier molecular flexibility index (Phi) is 6.96. The van der Waals surface area contributed by atoms with E-state index in [1.54, 1.807) is 7.11 Å². The largest absolute Gasteiger partial charge is 0.493 e. The van der Waals surface area contributed by atoms with Crippen LogP contribution >= 0.6 is 11.6 Å². The van der Waals surface area contributed by atoms with Gasteiger partial charge in [-0.1, -0.05) is 65.7 Å². The molecule has 0 unspecified atom stereocenters. The van der Waals surface area contributed by atoms with E-state index in [-0.39, 0.29) is 0 Å². The van der Waals surface area contributed by atoms with Crippen molar-refractivity contribution in [2.24, 2.45) is 0 Å². The molecular weight excluding hydrogens is 370 g/mol. The van der Waals surface area contributed by atoms with E-state index in [0.29, 0.717) is 29.7 Å². The van der Waals surface area contributed by atoms with Crippen LogP contribution in [0.5, 0.6) is 11.5 Å². The molecule has 0 aliphatic heterocycles. The van der Waals surface area contributed by atoms with Gasteiger partial charge in [0.25, 0.3) is 0 Å². The minimum atomic E-state index is 0.452. The van der Waals surface area contributed by atoms with Crippen LogP contribution in [0.15, 0.2) is 60.7 Å². The topological polar surface area (TPSA) is 30.5 Å². The Hall–Kier alpha value is -2.49. The fraction of sp³-hybridized carbons (Fsp3) is 0.250. The molecule has 0 heterocycles. The van der Waals surface area contributed by atoms with E-state index < -0.39 is 0 Å². The molecule has 1 N–H and O–H groups in total. The van der Waals surface area contributed by atoms with Crippen molar-refractivity contribution in [1.29, 1.82) is 0 Å². The van der Waals surface area contributed by atoms with Crippen molar-refractivity contribution >= 4 is 11.6 Å². The number of rotatable bonds is 8. The van der Waals surface area contributed by atoms with Crippen molar-refractivity contribution in [2.75, 3.05) is 7.11 Å². The second kappa shape index (κ2) is 9.63. The fourth-order valence-corrected chi connectivity index (χ4v) is 3.28. The zero-order valence-electron chi connectivity index (χ0n) is 16.6. The average molecular weight is 396 g/mol. The van der Waals surface area contributed by atoms with Crippen LogP contribution in [-0.4, -0.2) is 7.11 Å². The molecule has 3 aromatic rings. The molecule has 0 fully saturated rings. The highest BCUT2D eigenvalue weighted by atomic mass is 35.5. The van der Waals surface area contributed by atoms with Crippen LogP contribution in [0.3, 0.4) is 0 Å². The number of hydrogen-bond acceptors (Lipinski definition) is 3. The molecule has 0 atom stereocenters. The van der Waals surface area contributed by atoms with Crippen LogP contribution in [0, 0.1) is 13.8 Å². The summed E-state index contributed by atoms with van der Waals surface area (Å²) in [6.45, 7) is 6.11. The Bertz CT molecular complexity index is 922. The van der Waals surface area contributed by atoms with Gasteiger partial charge in [0.2, 0.25) is 0 Å². The SMILES string of the molecule is COc1cc(CNCc2ccc(C)cc2)cc(Cl)c1OCc1ccccc1C. The number of hydrogen-bond donors (Lipinski definition) is 1. The fourth-order valence-electron chi connectivity index (χ4n) is 2.99. The van der Waals surface area contributed by atoms with E-state index in [0.717, 1.165) is 17.7 Å². The maximum atomic E-state index is 6.50. The van der Waals surface area contributed by atoms with Gasteiger partial charge in [0.1, 0.15) is 6.61 Å². The van der Waals surface area contributed by atoms with E-state index in [1.807, 2.05) is 24.3 Å². The molecule has 0 aliphatic rings. The summed E-state index contributed by atoms with van der Waals surface area (Å²) < 4.78 is 11.5. The molecule has 0 saturated heterocycles. The van der Waals surface area contributed by atoms with Crippen LogP contribution in [0.1, 0.15) is 27.8 Å². The molecule has 0 amide bonds. The number of halogens is 1. The minimum absolute atomic E-state index is 0.452. The number of nitrogens with one attached hydrogen (secondary N) is 1. The highest BCUT2D eigenvalue weighted by molar-refractivity contribution is 6.32. The standard InChI is InChI=1S/C24H26ClNO2/c1-17-8-10-19(11-9-17)14-26-15-20-12-22(25)24(23(13-20)27-3)28-16-21-7-5-4-6-18(21)2/h4-13,26H,14-16H2,1-3H3. The van der Waals surface area contributed by atoms with Gasteiger partial charge in [-0.25, -0.2) is 0 Å². The van der Waals surface area contributed by atoms with Crippen LogP contribution in [-0.2, 0) is 19.7 Å². The molecule has 0 saturated carbocycles. The second-order valence-corrected chi connectivity index (χ2v) is 7.32. The number of benzene rings is 3. The molecule has 0 spiro atoms. The summed E-state index contributed by atoms with van der Waals surface area (Å²) in [6, 6.07) is 20.6. The average Bonchev–Trinajstić information content (AvgIpc) is 2.69. The highest BCUT2D eigenvalue weighted by Crippen LogP contribution is 2.37. The van der Waals surface area contributed by atoms with Gasteiger partial charge in [-0.05, 0) is 48.2 Å². The van der Waals surface area contributed by atoms with Crippen molar-refractivity contribution < 1.29 is 9.47 Å². The Morgan fingerprint density at radius 1 is 0.893 bits per heavy atom. The summed E-state index contributed by atoms with van der Waals surface area (Å²) in [5, 5.41) is 4.00. The highest BCUT2D eigenvalue weighted by Gasteiger charge is 2.13. The number of aryl methyl sites for hydroxylation is 2. The maximum absolute atomic E-state index is 6.50. The summed E-state index contributed by atoms with van der Waals surface area (Å²) in [5.41, 5.74) is 5.89. The van der Waals surface area contributed by atoms with Crippen LogP contribution in [0.4, 0.5) is 0 Å². The van der Waals surface area contributed by atoms with Gasteiger partial charge in [0.05, 0.1) is 12.1 Å². The van der Waals surface area contributed by atoms with Crippen LogP contribution in [0.25, 0.3) is 0 Å². The van der Waals surface area contributed by atoms with Gasteiger partial charge in [-0.2, -0.15) is 0 Å². The van der Waals surface area contributed by atoms with E-state index in [1.165, 1.54) is 16.7 Å². The lowest BCUT2D eigenvalue weighted by Crippen LogP contribution is -2.13. The van der Waals surface area contributed by atoms with Gasteiger partial charge in [-0.3, -0.25) is 0 Å². The first-order chi connectivity index (χ1) is 13.6. The zero-order valence-corrected chi connectivity index (χ0v) is 17.3. The predicted molar refractivity (Wildman–Crippen MR) is 115 cm³/mol. The van der Waals surface area contributed by atoms with Crippen molar-refractivity contribution in [2.45, 2.75) is 33.5 Å². The van der Waals surface area contributed by atoms with Gasteiger partial charge in [0, 0.05) is 13.1 Å². The third kappa shape index (κ3) is 5.28. The van der Waals surface area contributed by atoms with Crippen molar-refractivity contribution in [3.05, 3.63) is 93.5 Å². The molecule has 0 aromatic heterocycles. The first kappa shape index (κ1) is 20.2. The van der Waals surface area contributed by atoms with Gasteiger partial charge in [0.15, 0.2) is 11.5 Å². The molecule has 0 aliphatic carbocycles. The molecule has 0 bridgehead atoms. The van der Waals surface area contributed by atoms with Crippen LogP contribution < -0.4 is 14.8 Å². The molecule has 3 aromatic carbocycles. The zero-order chi connectivity index (χ0) is 19.9. The molecule has 3 nitrogen and oxygen atoms in total. The molecule has 28 heavy (non-hydrogen) atoms. The molecule has 4 heteroatoms. The minimum Gasteiger partial charge on any atom is -0.493 e. The maximum Gasteiger partial charge on any atom is 0.180 e. The third-order valence-electron chi connectivity index (χ3n) is 4.70. The normalized spacial score (nSPS) is 10.7. The summed E-state index contributed by atoms with van der Waals surface area (Å²) in [6.07, 6.45) is 0. The summed E-state index contributed by atoms with van der Waals surface area (Å²) in [7, 11) is 1.63. The Balaban J connectivity index is 1.65. The summed E-state index contributed by atoms with van der Waals surface area (Å²) >= 11 is 6.50. The Morgan fingerprint density at radius 2 is 1.61 bits per heavy atom. The monoisotopic (exact) mass is 395 g/mol. The molecule has 146 valence electrons. The molecule has 3 rings (SSSR count). The van der Waals surface area contributed by atoms with Crippen molar-refractivity contribution in [3.63, 3.8) is 0 Å². The smallest absolute Gasteiger partial charge is 0.180 e.